The number of para-hydroxylation sites is 1. The van der Waals surface area contributed by atoms with Crippen molar-refractivity contribution in [1.29, 1.82) is 0 Å². The number of ether oxygens (including phenoxy) is 2. The maximum absolute atomic E-state index is 14.2. The van der Waals surface area contributed by atoms with E-state index in [1.165, 1.54) is 0 Å². The second kappa shape index (κ2) is 12.4. The van der Waals surface area contributed by atoms with Crippen molar-refractivity contribution in [2.75, 3.05) is 12.4 Å². The smallest absolute Gasteiger partial charge is 0.408 e. The summed E-state index contributed by atoms with van der Waals surface area (Å²) in [5.74, 6) is -0.577. The summed E-state index contributed by atoms with van der Waals surface area (Å²) in [5, 5.41) is 16.7. The van der Waals surface area contributed by atoms with E-state index in [1.807, 2.05) is 13.8 Å². The van der Waals surface area contributed by atoms with Gasteiger partial charge in [-0.25, -0.2) is 4.79 Å². The van der Waals surface area contributed by atoms with Crippen LogP contribution in [0.3, 0.4) is 0 Å². The third-order valence-electron chi connectivity index (χ3n) is 6.78. The Morgan fingerprint density at radius 1 is 1.05 bits per heavy atom. The molecule has 2 aromatic rings. The van der Waals surface area contributed by atoms with Crippen molar-refractivity contribution in [2.45, 2.75) is 84.5 Å². The molecule has 0 radical (unpaired) electrons. The van der Waals surface area contributed by atoms with Gasteiger partial charge in [-0.15, -0.1) is 0 Å². The molecule has 2 atom stereocenters. The first-order chi connectivity index (χ1) is 18.3. The van der Waals surface area contributed by atoms with Gasteiger partial charge < -0.3 is 30.1 Å². The Morgan fingerprint density at radius 3 is 2.21 bits per heavy atom. The average molecular weight is 540 g/mol. The number of phenolic OH excluding ortho intramolecular Hbond substituents is 1. The van der Waals surface area contributed by atoms with Crippen molar-refractivity contribution in [3.05, 3.63) is 53.6 Å². The molecule has 0 aliphatic heterocycles. The Balaban J connectivity index is 2.04. The SMILES string of the molecule is COc1ccc(NC(=O)C(c2cccc(C)c2O)N(C(=O)C(NC(=O)OC(C)(C)C)C(C)C)C2CCC2)cc1. The molecule has 3 N–H and O–H groups in total. The Kier molecular flexibility index (Phi) is 9.48. The van der Waals surface area contributed by atoms with E-state index in [2.05, 4.69) is 10.6 Å². The first-order valence-corrected chi connectivity index (χ1v) is 13.4. The van der Waals surface area contributed by atoms with Gasteiger partial charge in [-0.3, -0.25) is 9.59 Å². The Hall–Kier alpha value is -3.75. The van der Waals surface area contributed by atoms with Crippen molar-refractivity contribution in [1.82, 2.24) is 10.2 Å². The molecule has 1 saturated carbocycles. The minimum absolute atomic E-state index is 0.0503. The topological polar surface area (TPSA) is 117 Å². The molecule has 212 valence electrons. The number of benzene rings is 2. The molecule has 0 spiro atoms. The number of phenols is 1. The van der Waals surface area contributed by atoms with E-state index in [0.29, 0.717) is 35.4 Å². The molecule has 0 heterocycles. The summed E-state index contributed by atoms with van der Waals surface area (Å²) in [6.07, 6.45) is 1.62. The summed E-state index contributed by atoms with van der Waals surface area (Å²) in [6, 6.07) is 9.72. The first kappa shape index (κ1) is 29.8. The number of carbonyl (C=O) groups excluding carboxylic acids is 3. The minimum Gasteiger partial charge on any atom is -0.507 e. The van der Waals surface area contributed by atoms with Gasteiger partial charge in [-0.1, -0.05) is 32.0 Å². The molecule has 3 rings (SSSR count). The van der Waals surface area contributed by atoms with Crippen LogP contribution in [-0.4, -0.2) is 52.7 Å². The predicted molar refractivity (Wildman–Crippen MR) is 150 cm³/mol. The van der Waals surface area contributed by atoms with Gasteiger partial charge in [-0.2, -0.15) is 0 Å². The molecule has 39 heavy (non-hydrogen) atoms. The first-order valence-electron chi connectivity index (χ1n) is 13.4. The summed E-state index contributed by atoms with van der Waals surface area (Å²) in [4.78, 5) is 42.4. The second-order valence-corrected chi connectivity index (χ2v) is 11.3. The number of anilines is 1. The van der Waals surface area contributed by atoms with Crippen molar-refractivity contribution >= 4 is 23.6 Å². The normalized spacial score (nSPS) is 15.1. The predicted octanol–water partition coefficient (Wildman–Crippen LogP) is 5.32. The maximum Gasteiger partial charge on any atom is 0.408 e. The number of carbonyl (C=O) groups is 3. The number of hydrogen-bond donors (Lipinski definition) is 3. The van der Waals surface area contributed by atoms with Crippen molar-refractivity contribution in [2.24, 2.45) is 5.92 Å². The van der Waals surface area contributed by atoms with E-state index < -0.39 is 35.6 Å². The van der Waals surface area contributed by atoms with Gasteiger partial charge in [0.1, 0.15) is 29.2 Å². The van der Waals surface area contributed by atoms with E-state index >= 15 is 0 Å². The third kappa shape index (κ3) is 7.43. The van der Waals surface area contributed by atoms with E-state index in [-0.39, 0.29) is 17.7 Å². The monoisotopic (exact) mass is 539 g/mol. The average Bonchev–Trinajstić information content (AvgIpc) is 2.82. The number of nitrogens with zero attached hydrogens (tertiary/aromatic N) is 1. The van der Waals surface area contributed by atoms with Crippen molar-refractivity contribution < 1.29 is 29.0 Å². The summed E-state index contributed by atoms with van der Waals surface area (Å²) in [6.45, 7) is 10.6. The highest BCUT2D eigenvalue weighted by molar-refractivity contribution is 5.99. The lowest BCUT2D eigenvalue weighted by Crippen LogP contribution is -2.58. The molecule has 1 aliphatic rings. The number of rotatable bonds is 9. The molecular weight excluding hydrogens is 498 g/mol. The van der Waals surface area contributed by atoms with E-state index in [0.717, 1.165) is 6.42 Å². The molecule has 1 aliphatic carbocycles. The molecule has 0 bridgehead atoms. The van der Waals surface area contributed by atoms with Gasteiger partial charge >= 0.3 is 6.09 Å². The molecule has 1 fully saturated rings. The molecule has 3 amide bonds. The van der Waals surface area contributed by atoms with Gasteiger partial charge in [0, 0.05) is 17.3 Å². The Labute approximate surface area is 230 Å². The molecule has 9 heteroatoms. The van der Waals surface area contributed by atoms with Crippen LogP contribution >= 0.6 is 0 Å². The summed E-state index contributed by atoms with van der Waals surface area (Å²) >= 11 is 0. The lowest BCUT2D eigenvalue weighted by atomic mass is 9.86. The highest BCUT2D eigenvalue weighted by Gasteiger charge is 2.43. The number of nitrogens with one attached hydrogen (secondary N) is 2. The molecule has 0 aromatic heterocycles. The summed E-state index contributed by atoms with van der Waals surface area (Å²) in [7, 11) is 1.56. The zero-order valence-corrected chi connectivity index (χ0v) is 23.9. The Bertz CT molecular complexity index is 1170. The fourth-order valence-corrected chi connectivity index (χ4v) is 4.50. The van der Waals surface area contributed by atoms with Crippen LogP contribution in [-0.2, 0) is 14.3 Å². The van der Waals surface area contributed by atoms with Crippen LogP contribution < -0.4 is 15.4 Å². The van der Waals surface area contributed by atoms with Gasteiger partial charge in [0.25, 0.3) is 5.91 Å². The van der Waals surface area contributed by atoms with Crippen molar-refractivity contribution in [3.63, 3.8) is 0 Å². The molecule has 2 unspecified atom stereocenters. The van der Waals surface area contributed by atoms with E-state index in [9.17, 15) is 19.5 Å². The largest absolute Gasteiger partial charge is 0.507 e. The molecule has 0 saturated heterocycles. The fourth-order valence-electron chi connectivity index (χ4n) is 4.50. The van der Waals surface area contributed by atoms with Crippen LogP contribution in [0.15, 0.2) is 42.5 Å². The zero-order chi connectivity index (χ0) is 28.9. The molecule has 2 aromatic carbocycles. The highest BCUT2D eigenvalue weighted by Crippen LogP contribution is 2.38. The number of hydrogen-bond acceptors (Lipinski definition) is 6. The van der Waals surface area contributed by atoms with Crippen molar-refractivity contribution in [3.8, 4) is 11.5 Å². The maximum atomic E-state index is 14.2. The van der Waals surface area contributed by atoms with E-state index in [1.54, 1.807) is 82.2 Å². The van der Waals surface area contributed by atoms with Gasteiger partial charge in [-0.05, 0) is 82.7 Å². The molecular formula is C30H41N3O6. The van der Waals surface area contributed by atoms with Crippen LogP contribution in [0.1, 0.15) is 71.0 Å². The van der Waals surface area contributed by atoms with Gasteiger partial charge in [0.05, 0.1) is 7.11 Å². The summed E-state index contributed by atoms with van der Waals surface area (Å²) in [5.41, 5.74) is 0.687. The van der Waals surface area contributed by atoms with E-state index in [4.69, 9.17) is 9.47 Å². The quantitative estimate of drug-likeness (QED) is 0.397. The van der Waals surface area contributed by atoms with Crippen LogP contribution in [0.2, 0.25) is 0 Å². The number of aryl methyl sites for hydroxylation is 1. The third-order valence-corrected chi connectivity index (χ3v) is 6.78. The van der Waals surface area contributed by atoms with Gasteiger partial charge in [0.15, 0.2) is 0 Å². The number of amides is 3. The van der Waals surface area contributed by atoms with Crippen LogP contribution in [0.5, 0.6) is 11.5 Å². The Morgan fingerprint density at radius 2 is 1.69 bits per heavy atom. The van der Waals surface area contributed by atoms with Crippen LogP contribution in [0.25, 0.3) is 0 Å². The fraction of sp³-hybridized carbons (Fsp3) is 0.500. The second-order valence-electron chi connectivity index (χ2n) is 11.3. The standard InChI is InChI=1S/C30H41N3O6/c1-18(2)24(32-29(37)39-30(4,5)6)28(36)33(21-11-9-12-21)25(23-13-8-10-19(3)26(23)34)27(35)31-20-14-16-22(38-7)17-15-20/h8,10,13-18,21,24-25,34H,9,11-12H2,1-7H3,(H,31,35)(H,32,37). The lowest BCUT2D eigenvalue weighted by molar-refractivity contribution is -0.146. The molecule has 9 nitrogen and oxygen atoms in total. The van der Waals surface area contributed by atoms with Crippen LogP contribution in [0.4, 0.5) is 10.5 Å². The zero-order valence-electron chi connectivity index (χ0n) is 23.9. The summed E-state index contributed by atoms with van der Waals surface area (Å²) < 4.78 is 10.6. The van der Waals surface area contributed by atoms with Crippen LogP contribution in [0, 0.1) is 12.8 Å². The number of aromatic hydroxyl groups is 1. The number of methoxy groups -OCH3 is 1. The lowest BCUT2D eigenvalue weighted by Gasteiger charge is -2.44. The minimum atomic E-state index is -1.13. The highest BCUT2D eigenvalue weighted by atomic mass is 16.6. The van der Waals surface area contributed by atoms with Gasteiger partial charge in [0.2, 0.25) is 5.91 Å². The number of alkyl carbamates (subject to hydrolysis) is 1.